The summed E-state index contributed by atoms with van der Waals surface area (Å²) in [6.07, 6.45) is 1.17. The van der Waals surface area contributed by atoms with Crippen LogP contribution >= 0.6 is 0 Å². The zero-order chi connectivity index (χ0) is 10.2. The molecule has 1 aliphatic carbocycles. The summed E-state index contributed by atoms with van der Waals surface area (Å²) in [6.45, 7) is 3.52. The molecule has 0 nitrogen and oxygen atoms in total. The molecule has 0 bridgehead atoms. The van der Waals surface area contributed by atoms with Crippen molar-refractivity contribution in [1.29, 1.82) is 0 Å². The van der Waals surface area contributed by atoms with Crippen molar-refractivity contribution in [2.24, 2.45) is 0 Å². The van der Waals surface area contributed by atoms with Crippen LogP contribution in [0.3, 0.4) is 0 Å². The van der Waals surface area contributed by atoms with Crippen molar-refractivity contribution in [3.8, 4) is 0 Å². The van der Waals surface area contributed by atoms with E-state index in [1.165, 1.54) is 0 Å². The molecule has 2 heteroatoms. The Morgan fingerprint density at radius 2 is 1.93 bits per heavy atom. The molecule has 0 amide bonds. The second kappa shape index (κ2) is 3.19. The predicted molar refractivity (Wildman–Crippen MR) is 53.4 cm³/mol. The van der Waals surface area contributed by atoms with Crippen molar-refractivity contribution in [2.75, 3.05) is 0 Å². The second-order valence-electron chi connectivity index (χ2n) is 3.69. The second-order valence-corrected chi connectivity index (χ2v) is 3.69. The first-order valence-corrected chi connectivity index (χ1v) is 4.77. The maximum absolute atomic E-state index is 13.4. The van der Waals surface area contributed by atoms with E-state index in [0.29, 0.717) is 12.0 Å². The molecule has 1 aliphatic rings. The van der Waals surface area contributed by atoms with E-state index in [4.69, 9.17) is 0 Å². The monoisotopic (exact) mass is 194 g/mol. The Balaban J connectivity index is 2.51. The van der Waals surface area contributed by atoms with E-state index in [0.717, 1.165) is 12.0 Å². The molecule has 0 fully saturated rings. The summed E-state index contributed by atoms with van der Waals surface area (Å²) in [5.41, 5.74) is 1.61. The highest BCUT2D eigenvalue weighted by molar-refractivity contribution is 5.71. The van der Waals surface area contributed by atoms with Gasteiger partial charge in [0.1, 0.15) is 0 Å². The molecular formula is C12H12F2. The zero-order valence-corrected chi connectivity index (χ0v) is 7.89. The van der Waals surface area contributed by atoms with Crippen molar-refractivity contribution < 1.29 is 8.78 Å². The number of alkyl halides is 2. The molecule has 0 N–H and O–H groups in total. The average molecular weight is 194 g/mol. The molecule has 1 aromatic carbocycles. The van der Waals surface area contributed by atoms with E-state index in [1.807, 2.05) is 12.1 Å². The lowest BCUT2D eigenvalue weighted by Gasteiger charge is -2.16. The molecule has 0 saturated carbocycles. The van der Waals surface area contributed by atoms with Gasteiger partial charge in [0, 0.05) is 12.0 Å². The number of rotatable bonds is 0. The molecule has 0 unspecified atom stereocenters. The van der Waals surface area contributed by atoms with Gasteiger partial charge in [0.15, 0.2) is 0 Å². The van der Waals surface area contributed by atoms with E-state index >= 15 is 0 Å². The van der Waals surface area contributed by atoms with Gasteiger partial charge in [-0.15, -0.1) is 0 Å². The number of hydrogen-bond acceptors (Lipinski definition) is 0. The van der Waals surface area contributed by atoms with E-state index in [9.17, 15) is 8.78 Å². The smallest absolute Gasteiger partial charge is 0.201 e. The van der Waals surface area contributed by atoms with Crippen LogP contribution in [0.25, 0.3) is 5.57 Å². The number of allylic oxidation sites excluding steroid dienone is 1. The number of halogens is 2. The number of aryl methyl sites for hydroxylation is 1. The fraction of sp³-hybridized carbons (Fsp3) is 0.333. The standard InChI is InChI=1S/C12H12F2/c1-9-11-7-3-2-5-10(11)6-4-8-12(9,13)14/h2-3,5,7H,1,4,6,8H2. The summed E-state index contributed by atoms with van der Waals surface area (Å²) in [5.74, 6) is -2.73. The Morgan fingerprint density at radius 3 is 2.71 bits per heavy atom. The summed E-state index contributed by atoms with van der Waals surface area (Å²) in [5, 5.41) is 0. The van der Waals surface area contributed by atoms with Gasteiger partial charge in [0.2, 0.25) is 0 Å². The molecule has 0 radical (unpaired) electrons. The Labute approximate surface area is 82.3 Å². The minimum atomic E-state index is -2.73. The average Bonchev–Trinajstić information content (AvgIpc) is 2.27. The van der Waals surface area contributed by atoms with Gasteiger partial charge in [-0.25, -0.2) is 8.78 Å². The van der Waals surface area contributed by atoms with Gasteiger partial charge >= 0.3 is 0 Å². The van der Waals surface area contributed by atoms with Crippen molar-refractivity contribution >= 4 is 5.57 Å². The highest BCUT2D eigenvalue weighted by Gasteiger charge is 2.35. The van der Waals surface area contributed by atoms with Crippen molar-refractivity contribution in [2.45, 2.75) is 25.2 Å². The van der Waals surface area contributed by atoms with Gasteiger partial charge in [0.25, 0.3) is 5.92 Å². The maximum Gasteiger partial charge on any atom is 0.273 e. The molecule has 1 aromatic rings. The van der Waals surface area contributed by atoms with Crippen molar-refractivity contribution in [3.63, 3.8) is 0 Å². The van der Waals surface area contributed by atoms with Gasteiger partial charge in [0.05, 0.1) is 0 Å². The quantitative estimate of drug-likeness (QED) is 0.553. The summed E-state index contributed by atoms with van der Waals surface area (Å²) in [7, 11) is 0. The lowest BCUT2D eigenvalue weighted by atomic mass is 9.98. The van der Waals surface area contributed by atoms with E-state index in [2.05, 4.69) is 6.58 Å². The van der Waals surface area contributed by atoms with Crippen LogP contribution in [-0.4, -0.2) is 5.92 Å². The van der Waals surface area contributed by atoms with Crippen LogP contribution in [0.15, 0.2) is 30.8 Å². The van der Waals surface area contributed by atoms with E-state index in [-0.39, 0.29) is 12.0 Å². The Morgan fingerprint density at radius 1 is 1.21 bits per heavy atom. The summed E-state index contributed by atoms with van der Waals surface area (Å²) < 4.78 is 26.9. The summed E-state index contributed by atoms with van der Waals surface area (Å²) in [6, 6.07) is 7.31. The zero-order valence-electron chi connectivity index (χ0n) is 7.89. The highest BCUT2D eigenvalue weighted by atomic mass is 19.3. The third-order valence-electron chi connectivity index (χ3n) is 2.72. The highest BCUT2D eigenvalue weighted by Crippen LogP contribution is 2.39. The number of hydrogen-bond donors (Lipinski definition) is 0. The number of fused-ring (bicyclic) bond motifs is 1. The summed E-state index contributed by atoms with van der Waals surface area (Å²) >= 11 is 0. The molecule has 0 spiro atoms. The fourth-order valence-corrected chi connectivity index (χ4v) is 1.88. The summed E-state index contributed by atoms with van der Waals surface area (Å²) in [4.78, 5) is 0. The van der Waals surface area contributed by atoms with Crippen LogP contribution < -0.4 is 0 Å². The van der Waals surface area contributed by atoms with Crippen LogP contribution in [0.2, 0.25) is 0 Å². The van der Waals surface area contributed by atoms with Crippen molar-refractivity contribution in [1.82, 2.24) is 0 Å². The predicted octanol–water partition coefficient (Wildman–Crippen LogP) is 3.67. The molecule has 2 rings (SSSR count). The van der Waals surface area contributed by atoms with Crippen LogP contribution in [-0.2, 0) is 6.42 Å². The lowest BCUT2D eigenvalue weighted by molar-refractivity contribution is 0.0569. The van der Waals surface area contributed by atoms with Gasteiger partial charge in [-0.05, 0) is 24.0 Å². The van der Waals surface area contributed by atoms with Gasteiger partial charge < -0.3 is 0 Å². The third-order valence-corrected chi connectivity index (χ3v) is 2.72. The van der Waals surface area contributed by atoms with Gasteiger partial charge in [-0.3, -0.25) is 0 Å². The van der Waals surface area contributed by atoms with Gasteiger partial charge in [-0.1, -0.05) is 30.8 Å². The van der Waals surface area contributed by atoms with Crippen LogP contribution in [0.4, 0.5) is 8.78 Å². The molecule has 74 valence electrons. The Kier molecular flexibility index (Phi) is 2.14. The molecule has 0 heterocycles. The maximum atomic E-state index is 13.4. The molecule has 0 saturated heterocycles. The molecular weight excluding hydrogens is 182 g/mol. The lowest BCUT2D eigenvalue weighted by Crippen LogP contribution is -2.15. The fourth-order valence-electron chi connectivity index (χ4n) is 1.88. The van der Waals surface area contributed by atoms with E-state index in [1.54, 1.807) is 12.1 Å². The third kappa shape index (κ3) is 1.45. The molecule has 0 aromatic heterocycles. The normalized spacial score (nSPS) is 20.0. The van der Waals surface area contributed by atoms with Crippen molar-refractivity contribution in [3.05, 3.63) is 42.0 Å². The Hall–Kier alpha value is -1.18. The number of benzene rings is 1. The largest absolute Gasteiger partial charge is 0.273 e. The van der Waals surface area contributed by atoms with Crippen LogP contribution in [0.1, 0.15) is 24.0 Å². The Bertz CT molecular complexity index is 366. The minimum Gasteiger partial charge on any atom is -0.201 e. The van der Waals surface area contributed by atoms with E-state index < -0.39 is 5.92 Å². The topological polar surface area (TPSA) is 0 Å². The molecule has 0 atom stereocenters. The first-order chi connectivity index (χ1) is 6.61. The minimum absolute atomic E-state index is 0.0226. The van der Waals surface area contributed by atoms with Gasteiger partial charge in [-0.2, -0.15) is 0 Å². The van der Waals surface area contributed by atoms with Crippen LogP contribution in [0.5, 0.6) is 0 Å². The first-order valence-electron chi connectivity index (χ1n) is 4.77. The SMILES string of the molecule is C=C1c2ccccc2CCCC1(F)F. The first kappa shape index (κ1) is 9.38. The molecule has 14 heavy (non-hydrogen) atoms. The molecule has 0 aliphatic heterocycles. The van der Waals surface area contributed by atoms with Crippen LogP contribution in [0, 0.1) is 0 Å².